The van der Waals surface area contributed by atoms with Crippen LogP contribution in [0.25, 0.3) is 11.8 Å². The molecular formula is C31H28ClFN4O3S. The van der Waals surface area contributed by atoms with Crippen LogP contribution in [0.2, 0.25) is 5.02 Å². The number of pyridine rings is 1. The van der Waals surface area contributed by atoms with E-state index in [0.29, 0.717) is 42.1 Å². The van der Waals surface area contributed by atoms with Crippen molar-refractivity contribution < 1.29 is 17.6 Å². The first-order valence-corrected chi connectivity index (χ1v) is 15.2. The van der Waals surface area contributed by atoms with E-state index in [1.54, 1.807) is 54.5 Å². The van der Waals surface area contributed by atoms with Gasteiger partial charge in [0.25, 0.3) is 0 Å². The largest absolute Gasteiger partial charge is 0.291 e. The van der Waals surface area contributed by atoms with Crippen LogP contribution in [0.3, 0.4) is 0 Å². The molecule has 4 aromatic rings. The highest BCUT2D eigenvalue weighted by Gasteiger charge is 2.51. The van der Waals surface area contributed by atoms with Crippen LogP contribution in [-0.4, -0.2) is 46.4 Å². The zero-order chi connectivity index (χ0) is 28.9. The number of halogens is 2. The molecule has 41 heavy (non-hydrogen) atoms. The first-order chi connectivity index (χ1) is 19.6. The first-order valence-electron chi connectivity index (χ1n) is 13.3. The van der Waals surface area contributed by atoms with Crippen LogP contribution in [-0.2, 0) is 16.4 Å². The van der Waals surface area contributed by atoms with Crippen molar-refractivity contribution in [3.63, 3.8) is 0 Å². The van der Waals surface area contributed by atoms with E-state index in [2.05, 4.69) is 10.1 Å². The van der Waals surface area contributed by atoms with E-state index in [1.165, 1.54) is 28.6 Å². The van der Waals surface area contributed by atoms with Crippen molar-refractivity contribution in [3.8, 4) is 5.69 Å². The number of hydrogen-bond acceptors (Lipinski definition) is 5. The summed E-state index contributed by atoms with van der Waals surface area (Å²) in [5, 5.41) is 5.03. The Bertz CT molecular complexity index is 1780. The van der Waals surface area contributed by atoms with Gasteiger partial charge in [-0.3, -0.25) is 9.78 Å². The Hall–Kier alpha value is -3.66. The van der Waals surface area contributed by atoms with Gasteiger partial charge in [0.15, 0.2) is 5.78 Å². The number of hydrogen-bond donors (Lipinski definition) is 0. The van der Waals surface area contributed by atoms with E-state index in [-0.39, 0.29) is 16.5 Å². The molecule has 1 saturated carbocycles. The molecule has 2 heterocycles. The van der Waals surface area contributed by atoms with Gasteiger partial charge in [0.05, 0.1) is 27.9 Å². The van der Waals surface area contributed by atoms with Gasteiger partial charge < -0.3 is 0 Å². The summed E-state index contributed by atoms with van der Waals surface area (Å²) < 4.78 is 43.9. The van der Waals surface area contributed by atoms with Crippen molar-refractivity contribution in [2.24, 2.45) is 5.41 Å². The molecule has 0 N–H and O–H groups in total. The van der Waals surface area contributed by atoms with Gasteiger partial charge in [0.1, 0.15) is 11.5 Å². The minimum atomic E-state index is -3.83. The van der Waals surface area contributed by atoms with Crippen LogP contribution >= 0.6 is 11.6 Å². The second-order valence-corrected chi connectivity index (χ2v) is 13.2. The van der Waals surface area contributed by atoms with Crippen LogP contribution in [0.15, 0.2) is 83.5 Å². The van der Waals surface area contributed by atoms with Crippen LogP contribution in [0.4, 0.5) is 4.39 Å². The molecule has 2 aromatic heterocycles. The summed E-state index contributed by atoms with van der Waals surface area (Å²) in [5.41, 5.74) is 3.63. The van der Waals surface area contributed by atoms with Crippen LogP contribution in [0.1, 0.15) is 46.6 Å². The number of nitrogens with zero attached hydrogens (tertiary/aromatic N) is 4. The van der Waals surface area contributed by atoms with E-state index < -0.39 is 21.5 Å². The molecule has 210 valence electrons. The van der Waals surface area contributed by atoms with Crippen molar-refractivity contribution in [2.45, 2.75) is 43.5 Å². The topological polar surface area (TPSA) is 85.2 Å². The lowest BCUT2D eigenvalue weighted by Crippen LogP contribution is -2.49. The number of aromatic nitrogens is 3. The third kappa shape index (κ3) is 4.81. The van der Waals surface area contributed by atoms with Gasteiger partial charge in [-0.2, -0.15) is 9.40 Å². The standard InChI is InChI=1S/C31H28ClFN4O3S/c1-20-13-14-34-28(15-20)30(38)31-17-21-19-35-37(25-9-6-24(33)7-10-25)29(21)16-22(31)3-8-26(18-31)36(2)41(39,40)27-11-4-23(32)5-12-27/h4-7,9-16,19,26H,3,8,17-18H2,1-2H3/t26-,31-/m0/s1. The molecule has 1 fully saturated rings. The minimum Gasteiger partial charge on any atom is -0.291 e. The molecule has 0 spiro atoms. The number of benzene rings is 2. The van der Waals surface area contributed by atoms with Crippen LogP contribution in [0, 0.1) is 18.2 Å². The molecule has 0 bridgehead atoms. The highest BCUT2D eigenvalue weighted by atomic mass is 35.5. The number of allylic oxidation sites excluding steroid dienone is 1. The molecule has 0 unspecified atom stereocenters. The van der Waals surface area contributed by atoms with Gasteiger partial charge in [0, 0.05) is 24.3 Å². The number of Topliss-reactive ketones (excluding diaryl/α,β-unsaturated/α-hetero) is 1. The highest BCUT2D eigenvalue weighted by molar-refractivity contribution is 7.89. The fourth-order valence-electron chi connectivity index (χ4n) is 6.06. The van der Waals surface area contributed by atoms with Gasteiger partial charge in [-0.05, 0) is 110 Å². The molecule has 7 nitrogen and oxygen atoms in total. The monoisotopic (exact) mass is 590 g/mol. The van der Waals surface area contributed by atoms with Crippen molar-refractivity contribution in [1.82, 2.24) is 19.1 Å². The molecule has 2 aromatic carbocycles. The van der Waals surface area contributed by atoms with Gasteiger partial charge in [0.2, 0.25) is 10.0 Å². The molecule has 0 radical (unpaired) electrons. The van der Waals surface area contributed by atoms with Crippen molar-refractivity contribution >= 4 is 33.5 Å². The maximum atomic E-state index is 14.4. The normalized spacial score (nSPS) is 20.3. The molecular weight excluding hydrogens is 563 g/mol. The second-order valence-electron chi connectivity index (χ2n) is 10.8. The number of carbonyl (C=O) groups is 1. The average molecular weight is 591 g/mol. The summed E-state index contributed by atoms with van der Waals surface area (Å²) in [6.07, 6.45) is 7.10. The predicted octanol–water partition coefficient (Wildman–Crippen LogP) is 6.05. The van der Waals surface area contributed by atoms with Crippen molar-refractivity contribution in [2.75, 3.05) is 7.05 Å². The summed E-state index contributed by atoms with van der Waals surface area (Å²) in [4.78, 5) is 19.0. The summed E-state index contributed by atoms with van der Waals surface area (Å²) in [6.45, 7) is 1.91. The molecule has 0 saturated heterocycles. The van der Waals surface area contributed by atoms with E-state index in [1.807, 2.05) is 19.1 Å². The number of sulfonamides is 1. The maximum Gasteiger partial charge on any atom is 0.243 e. The summed E-state index contributed by atoms with van der Waals surface area (Å²) in [6, 6.07) is 15.4. The molecule has 6 rings (SSSR count). The molecule has 2 atom stereocenters. The Morgan fingerprint density at radius 1 is 1.12 bits per heavy atom. The number of aryl methyl sites for hydroxylation is 1. The number of rotatable bonds is 6. The third-order valence-electron chi connectivity index (χ3n) is 8.29. The Morgan fingerprint density at radius 3 is 2.56 bits per heavy atom. The Labute approximate surface area is 243 Å². The SMILES string of the molecule is Cc1ccnc(C(=O)[C@]23Cc4cnn(-c5ccc(F)cc5)c4C=C2CC[C@H](N(C)S(=O)(=O)c2ccc(Cl)cc2)C3)c1. The first kappa shape index (κ1) is 27.5. The molecule has 0 aliphatic heterocycles. The van der Waals surface area contributed by atoms with Crippen LogP contribution in [0.5, 0.6) is 0 Å². The summed E-state index contributed by atoms with van der Waals surface area (Å²) >= 11 is 6.00. The molecule has 10 heteroatoms. The molecule has 2 aliphatic carbocycles. The zero-order valence-electron chi connectivity index (χ0n) is 22.6. The minimum absolute atomic E-state index is 0.130. The van der Waals surface area contributed by atoms with E-state index in [4.69, 9.17) is 11.6 Å². The van der Waals surface area contributed by atoms with Gasteiger partial charge >= 0.3 is 0 Å². The lowest BCUT2D eigenvalue weighted by atomic mass is 9.60. The van der Waals surface area contributed by atoms with E-state index >= 15 is 0 Å². The highest BCUT2D eigenvalue weighted by Crippen LogP contribution is 2.51. The number of fused-ring (bicyclic) bond motifs is 2. The number of carbonyl (C=O) groups excluding carboxylic acids is 1. The van der Waals surface area contributed by atoms with Crippen molar-refractivity contribution in [3.05, 3.63) is 112 Å². The summed E-state index contributed by atoms with van der Waals surface area (Å²) in [5.74, 6) is -0.464. The third-order valence-corrected chi connectivity index (χ3v) is 10.5. The quantitative estimate of drug-likeness (QED) is 0.255. The lowest BCUT2D eigenvalue weighted by molar-refractivity contribution is 0.0747. The van der Waals surface area contributed by atoms with Crippen LogP contribution < -0.4 is 0 Å². The fourth-order valence-corrected chi connectivity index (χ4v) is 7.57. The molecule has 2 aliphatic rings. The van der Waals surface area contributed by atoms with Gasteiger partial charge in [-0.1, -0.05) is 17.2 Å². The second kappa shape index (κ2) is 10.3. The Kier molecular flexibility index (Phi) is 6.92. The summed E-state index contributed by atoms with van der Waals surface area (Å²) in [7, 11) is -2.26. The maximum absolute atomic E-state index is 14.4. The Morgan fingerprint density at radius 2 is 1.85 bits per heavy atom. The van der Waals surface area contributed by atoms with E-state index in [9.17, 15) is 17.6 Å². The van der Waals surface area contributed by atoms with E-state index in [0.717, 1.165) is 22.4 Å². The average Bonchev–Trinajstić information content (AvgIpc) is 3.37. The molecule has 0 amide bonds. The van der Waals surface area contributed by atoms with Gasteiger partial charge in [-0.25, -0.2) is 17.5 Å². The Balaban J connectivity index is 1.42. The van der Waals surface area contributed by atoms with Gasteiger partial charge in [-0.15, -0.1) is 0 Å². The number of ketones is 1. The predicted molar refractivity (Wildman–Crippen MR) is 155 cm³/mol. The fraction of sp³-hybridized carbons (Fsp3) is 0.258. The van der Waals surface area contributed by atoms with Crippen molar-refractivity contribution in [1.29, 1.82) is 0 Å². The lowest BCUT2D eigenvalue weighted by Gasteiger charge is -2.45. The smallest absolute Gasteiger partial charge is 0.243 e. The zero-order valence-corrected chi connectivity index (χ0v) is 24.2.